The minimum atomic E-state index is -0.470. The van der Waals surface area contributed by atoms with Crippen molar-refractivity contribution in [1.82, 2.24) is 9.97 Å². The maximum atomic E-state index is 11.5. The molecule has 0 aliphatic rings. The van der Waals surface area contributed by atoms with Crippen LogP contribution in [0.3, 0.4) is 0 Å². The van der Waals surface area contributed by atoms with Crippen LogP contribution in [0.2, 0.25) is 5.02 Å². The van der Waals surface area contributed by atoms with Crippen molar-refractivity contribution < 1.29 is 19.0 Å². The standard InChI is InChI=1S/C18H17ClN2O4/c1-3-24-16(22)10-25-17-12(19)8-11(9-15(17)23-2)18-20-13-6-4-5-7-14(13)21-18/h4-9H,3,10H2,1-2H3,(H,20,21). The maximum absolute atomic E-state index is 11.5. The lowest BCUT2D eigenvalue weighted by Gasteiger charge is -2.13. The Hall–Kier alpha value is -2.73. The molecule has 0 spiro atoms. The number of nitrogens with one attached hydrogen (secondary N) is 1. The van der Waals surface area contributed by atoms with E-state index in [4.69, 9.17) is 25.8 Å². The summed E-state index contributed by atoms with van der Waals surface area (Å²) in [6.07, 6.45) is 0. The zero-order valence-electron chi connectivity index (χ0n) is 13.8. The smallest absolute Gasteiger partial charge is 0.344 e. The fourth-order valence-electron chi connectivity index (χ4n) is 2.42. The summed E-state index contributed by atoms with van der Waals surface area (Å²) in [5.41, 5.74) is 2.53. The first-order valence-corrected chi connectivity index (χ1v) is 8.11. The van der Waals surface area contributed by atoms with Crippen molar-refractivity contribution in [2.75, 3.05) is 20.3 Å². The van der Waals surface area contributed by atoms with Crippen molar-refractivity contribution in [3.63, 3.8) is 0 Å². The molecule has 0 saturated heterocycles. The molecule has 0 bridgehead atoms. The number of hydrogen-bond acceptors (Lipinski definition) is 5. The van der Waals surface area contributed by atoms with Gasteiger partial charge in [-0.1, -0.05) is 23.7 Å². The third kappa shape index (κ3) is 3.69. The summed E-state index contributed by atoms with van der Waals surface area (Å²) in [4.78, 5) is 19.2. The van der Waals surface area contributed by atoms with E-state index in [1.54, 1.807) is 19.1 Å². The number of nitrogens with zero attached hydrogens (tertiary/aromatic N) is 1. The molecule has 1 heterocycles. The summed E-state index contributed by atoms with van der Waals surface area (Å²) >= 11 is 6.32. The Labute approximate surface area is 149 Å². The molecule has 0 aliphatic carbocycles. The van der Waals surface area contributed by atoms with Crippen molar-refractivity contribution in [3.8, 4) is 22.9 Å². The second-order valence-corrected chi connectivity index (χ2v) is 5.59. The van der Waals surface area contributed by atoms with Gasteiger partial charge in [0.1, 0.15) is 5.82 Å². The minimum Gasteiger partial charge on any atom is -0.493 e. The lowest BCUT2D eigenvalue weighted by atomic mass is 10.2. The van der Waals surface area contributed by atoms with Crippen LogP contribution in [0.4, 0.5) is 0 Å². The van der Waals surface area contributed by atoms with Gasteiger partial charge in [0.25, 0.3) is 0 Å². The Bertz CT molecular complexity index is 874. The Morgan fingerprint density at radius 2 is 2.08 bits per heavy atom. The quantitative estimate of drug-likeness (QED) is 0.676. The number of para-hydroxylation sites is 2. The second kappa shape index (κ2) is 7.44. The number of H-pyrrole nitrogens is 1. The molecule has 7 heteroatoms. The van der Waals surface area contributed by atoms with E-state index < -0.39 is 5.97 Å². The first kappa shape index (κ1) is 17.1. The van der Waals surface area contributed by atoms with Gasteiger partial charge in [0, 0.05) is 5.56 Å². The third-order valence-electron chi connectivity index (χ3n) is 3.53. The summed E-state index contributed by atoms with van der Waals surface area (Å²) in [7, 11) is 1.51. The van der Waals surface area contributed by atoms with Gasteiger partial charge in [-0.25, -0.2) is 9.78 Å². The molecule has 0 atom stereocenters. The number of carbonyl (C=O) groups is 1. The molecule has 1 N–H and O–H groups in total. The molecule has 0 aliphatic heterocycles. The molecule has 6 nitrogen and oxygen atoms in total. The van der Waals surface area contributed by atoms with Crippen molar-refractivity contribution in [3.05, 3.63) is 41.4 Å². The predicted molar refractivity (Wildman–Crippen MR) is 95.2 cm³/mol. The summed E-state index contributed by atoms with van der Waals surface area (Å²) < 4.78 is 15.7. The van der Waals surface area contributed by atoms with E-state index in [-0.39, 0.29) is 19.0 Å². The second-order valence-electron chi connectivity index (χ2n) is 5.19. The topological polar surface area (TPSA) is 73.4 Å². The van der Waals surface area contributed by atoms with Crippen molar-refractivity contribution in [2.45, 2.75) is 6.92 Å². The van der Waals surface area contributed by atoms with Crippen LogP contribution >= 0.6 is 11.6 Å². The molecular formula is C18H17ClN2O4. The molecule has 3 rings (SSSR count). The molecule has 0 saturated carbocycles. The summed E-state index contributed by atoms with van der Waals surface area (Å²) in [5, 5.41) is 0.319. The SMILES string of the molecule is CCOC(=O)COc1c(Cl)cc(-c2nc3ccccc3[nH]2)cc1OC. The average Bonchev–Trinajstić information content (AvgIpc) is 3.04. The molecule has 0 fully saturated rings. The van der Waals surface area contributed by atoms with Crippen LogP contribution in [-0.4, -0.2) is 36.3 Å². The largest absolute Gasteiger partial charge is 0.493 e. The van der Waals surface area contributed by atoms with Gasteiger partial charge in [0.2, 0.25) is 0 Å². The van der Waals surface area contributed by atoms with Crippen LogP contribution in [0.5, 0.6) is 11.5 Å². The fourth-order valence-corrected chi connectivity index (χ4v) is 2.69. The number of methoxy groups -OCH3 is 1. The van der Waals surface area contributed by atoms with Gasteiger partial charge < -0.3 is 19.2 Å². The van der Waals surface area contributed by atoms with Crippen LogP contribution in [-0.2, 0) is 9.53 Å². The first-order valence-electron chi connectivity index (χ1n) is 7.73. The molecule has 2 aromatic carbocycles. The van der Waals surface area contributed by atoms with Gasteiger partial charge in [-0.15, -0.1) is 0 Å². The van der Waals surface area contributed by atoms with E-state index in [0.29, 0.717) is 16.6 Å². The number of benzene rings is 2. The first-order chi connectivity index (χ1) is 12.1. The Morgan fingerprint density at radius 3 is 2.80 bits per heavy atom. The molecule has 1 aromatic heterocycles. The number of aromatic nitrogens is 2. The van der Waals surface area contributed by atoms with Crippen LogP contribution in [0, 0.1) is 0 Å². The number of rotatable bonds is 6. The molecule has 130 valence electrons. The Kier molecular flexibility index (Phi) is 5.09. The Morgan fingerprint density at radius 1 is 1.28 bits per heavy atom. The summed E-state index contributed by atoms with van der Waals surface area (Å²) in [5.74, 6) is 0.893. The predicted octanol–water partition coefficient (Wildman–Crippen LogP) is 3.83. The molecule has 25 heavy (non-hydrogen) atoms. The van der Waals surface area contributed by atoms with E-state index in [9.17, 15) is 4.79 Å². The highest BCUT2D eigenvalue weighted by Gasteiger charge is 2.16. The van der Waals surface area contributed by atoms with Crippen LogP contribution < -0.4 is 9.47 Å². The van der Waals surface area contributed by atoms with E-state index in [0.717, 1.165) is 16.6 Å². The summed E-state index contributed by atoms with van der Waals surface area (Å²) in [6, 6.07) is 11.2. The molecule has 0 amide bonds. The number of carbonyl (C=O) groups excluding carboxylic acids is 1. The van der Waals surface area contributed by atoms with Crippen LogP contribution in [0.1, 0.15) is 6.92 Å². The molecule has 3 aromatic rings. The number of halogens is 1. The molecular weight excluding hydrogens is 344 g/mol. The van der Waals surface area contributed by atoms with E-state index >= 15 is 0 Å². The molecule has 0 unspecified atom stereocenters. The lowest BCUT2D eigenvalue weighted by Crippen LogP contribution is -2.15. The number of hydrogen-bond donors (Lipinski definition) is 1. The maximum Gasteiger partial charge on any atom is 0.344 e. The van der Waals surface area contributed by atoms with E-state index in [1.165, 1.54) is 7.11 Å². The average molecular weight is 361 g/mol. The zero-order chi connectivity index (χ0) is 17.8. The zero-order valence-corrected chi connectivity index (χ0v) is 14.6. The van der Waals surface area contributed by atoms with E-state index in [1.807, 2.05) is 24.3 Å². The van der Waals surface area contributed by atoms with Gasteiger partial charge in [0.05, 0.1) is 29.8 Å². The number of ether oxygens (including phenoxy) is 3. The lowest BCUT2D eigenvalue weighted by molar-refractivity contribution is -0.145. The van der Waals surface area contributed by atoms with Gasteiger partial charge in [-0.2, -0.15) is 0 Å². The van der Waals surface area contributed by atoms with Crippen LogP contribution in [0.15, 0.2) is 36.4 Å². The van der Waals surface area contributed by atoms with Crippen molar-refractivity contribution >= 4 is 28.6 Å². The van der Waals surface area contributed by atoms with E-state index in [2.05, 4.69) is 9.97 Å². The highest BCUT2D eigenvalue weighted by molar-refractivity contribution is 6.32. The Balaban J connectivity index is 1.92. The van der Waals surface area contributed by atoms with Gasteiger partial charge in [-0.05, 0) is 31.2 Å². The minimum absolute atomic E-state index is 0.242. The number of aromatic amines is 1. The van der Waals surface area contributed by atoms with Crippen molar-refractivity contribution in [2.24, 2.45) is 0 Å². The number of imidazole rings is 1. The normalized spacial score (nSPS) is 10.7. The van der Waals surface area contributed by atoms with Gasteiger partial charge >= 0.3 is 5.97 Å². The molecule has 0 radical (unpaired) electrons. The highest BCUT2D eigenvalue weighted by Crippen LogP contribution is 2.39. The van der Waals surface area contributed by atoms with Gasteiger partial charge in [-0.3, -0.25) is 0 Å². The fraction of sp³-hybridized carbons (Fsp3) is 0.222. The monoisotopic (exact) mass is 360 g/mol. The van der Waals surface area contributed by atoms with Crippen molar-refractivity contribution in [1.29, 1.82) is 0 Å². The number of esters is 1. The van der Waals surface area contributed by atoms with Crippen LogP contribution in [0.25, 0.3) is 22.4 Å². The number of fused-ring (bicyclic) bond motifs is 1. The highest BCUT2D eigenvalue weighted by atomic mass is 35.5. The van der Waals surface area contributed by atoms with Gasteiger partial charge in [0.15, 0.2) is 18.1 Å². The summed E-state index contributed by atoms with van der Waals surface area (Å²) in [6.45, 7) is 1.78. The third-order valence-corrected chi connectivity index (χ3v) is 3.81.